The summed E-state index contributed by atoms with van der Waals surface area (Å²) in [5, 5.41) is 10.2. The number of rotatable bonds is 5. The number of benzene rings is 2. The normalized spacial score (nSPS) is 10.7. The number of allylic oxidation sites excluding steroid dienone is 2. The second-order valence-electron chi connectivity index (χ2n) is 6.49. The van der Waals surface area contributed by atoms with Crippen LogP contribution in [-0.4, -0.2) is 19.3 Å². The molecule has 0 amide bonds. The van der Waals surface area contributed by atoms with Crippen LogP contribution in [-0.2, 0) is 6.42 Å². The number of phenolic OH excluding ortho intramolecular Hbond substituents is 1. The number of hydrogen-bond donors (Lipinski definition) is 1. The number of phenols is 1. The monoisotopic (exact) mass is 366 g/mol. The van der Waals surface area contributed by atoms with Crippen LogP contribution in [0.5, 0.6) is 17.2 Å². The number of ether oxygens (including phenoxy) is 2. The fourth-order valence-electron chi connectivity index (χ4n) is 2.98. The van der Waals surface area contributed by atoms with E-state index in [0.29, 0.717) is 17.4 Å². The number of methoxy groups -OCH3 is 2. The maximum absolute atomic E-state index is 13.0. The zero-order valence-electron chi connectivity index (χ0n) is 15.8. The van der Waals surface area contributed by atoms with Crippen molar-refractivity contribution in [3.05, 3.63) is 64.0 Å². The first kappa shape index (κ1) is 18.6. The molecule has 0 spiro atoms. The van der Waals surface area contributed by atoms with Gasteiger partial charge in [-0.25, -0.2) is 0 Å². The Hall–Kier alpha value is -3.21. The molecule has 0 radical (unpaired) electrons. The molecular weight excluding hydrogens is 344 g/mol. The highest BCUT2D eigenvalue weighted by Crippen LogP contribution is 2.34. The lowest BCUT2D eigenvalue weighted by Gasteiger charge is -2.11. The molecular formula is C22H22O5. The van der Waals surface area contributed by atoms with E-state index < -0.39 is 0 Å². The highest BCUT2D eigenvalue weighted by atomic mass is 16.5. The van der Waals surface area contributed by atoms with Gasteiger partial charge in [0.25, 0.3) is 0 Å². The summed E-state index contributed by atoms with van der Waals surface area (Å²) in [6.07, 6.45) is 4.22. The second-order valence-corrected chi connectivity index (χ2v) is 6.49. The average molecular weight is 366 g/mol. The largest absolute Gasteiger partial charge is 0.504 e. The van der Waals surface area contributed by atoms with Gasteiger partial charge in [-0.3, -0.25) is 4.79 Å². The zero-order chi connectivity index (χ0) is 19.6. The lowest BCUT2D eigenvalue weighted by Crippen LogP contribution is -2.06. The minimum atomic E-state index is -0.187. The molecule has 0 atom stereocenters. The van der Waals surface area contributed by atoms with E-state index in [2.05, 4.69) is 6.08 Å². The van der Waals surface area contributed by atoms with Crippen molar-refractivity contribution in [1.82, 2.24) is 0 Å². The molecule has 27 heavy (non-hydrogen) atoms. The lowest BCUT2D eigenvalue weighted by atomic mass is 10.00. The molecule has 0 aliphatic carbocycles. The van der Waals surface area contributed by atoms with E-state index in [-0.39, 0.29) is 22.5 Å². The van der Waals surface area contributed by atoms with Gasteiger partial charge in [0.1, 0.15) is 12.0 Å². The lowest BCUT2D eigenvalue weighted by molar-refractivity contribution is 0.370. The number of fused-ring (bicyclic) bond motifs is 1. The minimum Gasteiger partial charge on any atom is -0.504 e. The molecule has 0 unspecified atom stereocenters. The second kappa shape index (κ2) is 7.58. The van der Waals surface area contributed by atoms with Gasteiger partial charge in [-0.15, -0.1) is 0 Å². The van der Waals surface area contributed by atoms with Crippen molar-refractivity contribution in [2.75, 3.05) is 14.2 Å². The van der Waals surface area contributed by atoms with Gasteiger partial charge >= 0.3 is 0 Å². The van der Waals surface area contributed by atoms with Gasteiger partial charge in [0.15, 0.2) is 11.3 Å². The Morgan fingerprint density at radius 3 is 2.59 bits per heavy atom. The Kier molecular flexibility index (Phi) is 5.21. The van der Waals surface area contributed by atoms with E-state index in [9.17, 15) is 9.90 Å². The third kappa shape index (κ3) is 3.53. The molecule has 0 aliphatic rings. The highest BCUT2D eigenvalue weighted by Gasteiger charge is 2.16. The third-order valence-electron chi connectivity index (χ3n) is 4.40. The molecule has 0 saturated heterocycles. The summed E-state index contributed by atoms with van der Waals surface area (Å²) in [7, 11) is 3.05. The Balaban J connectivity index is 2.17. The van der Waals surface area contributed by atoms with Crippen molar-refractivity contribution in [2.24, 2.45) is 0 Å². The van der Waals surface area contributed by atoms with Crippen molar-refractivity contribution < 1.29 is 19.0 Å². The number of aromatic hydroxyl groups is 1. The van der Waals surface area contributed by atoms with Gasteiger partial charge in [-0.1, -0.05) is 17.7 Å². The van der Waals surface area contributed by atoms with E-state index in [1.54, 1.807) is 7.11 Å². The summed E-state index contributed by atoms with van der Waals surface area (Å²) in [5.41, 5.74) is 3.42. The van der Waals surface area contributed by atoms with Crippen LogP contribution in [0, 0.1) is 0 Å². The summed E-state index contributed by atoms with van der Waals surface area (Å²) >= 11 is 0. The smallest absolute Gasteiger partial charge is 0.204 e. The molecule has 140 valence electrons. The highest BCUT2D eigenvalue weighted by molar-refractivity contribution is 5.88. The molecule has 5 nitrogen and oxygen atoms in total. The van der Waals surface area contributed by atoms with Gasteiger partial charge in [-0.05, 0) is 55.7 Å². The first-order chi connectivity index (χ1) is 13.0. The van der Waals surface area contributed by atoms with E-state index in [4.69, 9.17) is 13.9 Å². The number of hydrogen-bond acceptors (Lipinski definition) is 5. The Labute approximate surface area is 157 Å². The first-order valence-corrected chi connectivity index (χ1v) is 8.58. The van der Waals surface area contributed by atoms with Crippen LogP contribution >= 0.6 is 0 Å². The molecule has 1 aromatic heterocycles. The van der Waals surface area contributed by atoms with Crippen molar-refractivity contribution in [1.29, 1.82) is 0 Å². The SMILES string of the molecule is COc1ccc(-c2coc3c(OC)c(O)ccc3c2=O)cc1CC=C(C)C. The molecule has 3 aromatic rings. The fraction of sp³-hybridized carbons (Fsp3) is 0.227. The Morgan fingerprint density at radius 1 is 1.15 bits per heavy atom. The van der Waals surface area contributed by atoms with E-state index >= 15 is 0 Å². The van der Waals surface area contributed by atoms with Crippen LogP contribution in [0.3, 0.4) is 0 Å². The molecule has 1 heterocycles. The molecule has 0 saturated carbocycles. The van der Waals surface area contributed by atoms with Crippen molar-refractivity contribution >= 4 is 11.0 Å². The molecule has 3 rings (SSSR count). The Morgan fingerprint density at radius 2 is 1.93 bits per heavy atom. The molecule has 0 bridgehead atoms. The minimum absolute atomic E-state index is 0.0747. The van der Waals surface area contributed by atoms with Crippen LogP contribution in [0.2, 0.25) is 0 Å². The van der Waals surface area contributed by atoms with Crippen LogP contribution in [0.4, 0.5) is 0 Å². The van der Waals surface area contributed by atoms with Crippen molar-refractivity contribution in [3.63, 3.8) is 0 Å². The van der Waals surface area contributed by atoms with Crippen LogP contribution < -0.4 is 14.9 Å². The molecule has 0 aliphatic heterocycles. The van der Waals surface area contributed by atoms with E-state index in [0.717, 1.165) is 16.9 Å². The molecule has 5 heteroatoms. The zero-order valence-corrected chi connectivity index (χ0v) is 15.8. The third-order valence-corrected chi connectivity index (χ3v) is 4.40. The van der Waals surface area contributed by atoms with E-state index in [1.165, 1.54) is 31.1 Å². The summed E-state index contributed by atoms with van der Waals surface area (Å²) in [6, 6.07) is 8.59. The molecule has 0 fully saturated rings. The van der Waals surface area contributed by atoms with Crippen molar-refractivity contribution in [3.8, 4) is 28.4 Å². The summed E-state index contributed by atoms with van der Waals surface area (Å²) in [6.45, 7) is 4.08. The Bertz CT molecular complexity index is 1070. The predicted octanol–water partition coefficient (Wildman–Crippen LogP) is 4.69. The molecule has 1 N–H and O–H groups in total. The summed E-state index contributed by atoms with van der Waals surface area (Å²) in [4.78, 5) is 13.0. The van der Waals surface area contributed by atoms with E-state index in [1.807, 2.05) is 32.0 Å². The van der Waals surface area contributed by atoms with Crippen LogP contribution in [0.25, 0.3) is 22.1 Å². The fourth-order valence-corrected chi connectivity index (χ4v) is 2.98. The molecule has 2 aromatic carbocycles. The van der Waals surface area contributed by atoms with Gasteiger partial charge in [0, 0.05) is 0 Å². The first-order valence-electron chi connectivity index (χ1n) is 8.58. The van der Waals surface area contributed by atoms with Crippen LogP contribution in [0.15, 0.2) is 57.5 Å². The van der Waals surface area contributed by atoms with Gasteiger partial charge in [0.2, 0.25) is 11.2 Å². The maximum atomic E-state index is 13.0. The quantitative estimate of drug-likeness (QED) is 0.663. The van der Waals surface area contributed by atoms with Gasteiger partial charge in [0.05, 0.1) is 25.2 Å². The predicted molar refractivity (Wildman–Crippen MR) is 106 cm³/mol. The van der Waals surface area contributed by atoms with Gasteiger partial charge < -0.3 is 19.0 Å². The summed E-state index contributed by atoms with van der Waals surface area (Å²) in [5.74, 6) is 0.845. The average Bonchev–Trinajstić information content (AvgIpc) is 2.66. The maximum Gasteiger partial charge on any atom is 0.204 e. The standard InChI is InChI=1S/C22H22O5/c1-13(2)5-6-15-11-14(7-10-19(15)25-3)17-12-27-21-16(20(17)24)8-9-18(23)22(21)26-4/h5,7-12,23H,6H2,1-4H3. The van der Waals surface area contributed by atoms with Gasteiger partial charge in [-0.2, -0.15) is 0 Å². The topological polar surface area (TPSA) is 68.9 Å². The van der Waals surface area contributed by atoms with Crippen LogP contribution in [0.1, 0.15) is 19.4 Å². The summed E-state index contributed by atoms with van der Waals surface area (Å²) < 4.78 is 16.2. The van der Waals surface area contributed by atoms with Crippen molar-refractivity contribution in [2.45, 2.75) is 20.3 Å².